The van der Waals surface area contributed by atoms with Gasteiger partial charge < -0.3 is 14.7 Å². The second kappa shape index (κ2) is 7.56. The van der Waals surface area contributed by atoms with E-state index in [-0.39, 0.29) is 17.7 Å². The molecular formula is C19H24N4O2. The van der Waals surface area contributed by atoms with Crippen molar-refractivity contribution in [1.82, 2.24) is 9.80 Å². The SMILES string of the molecule is CN1CC[C@H](C(=O)N2CCCN(c3ccccc3C#N)CC2)CC1=O. The van der Waals surface area contributed by atoms with Gasteiger partial charge in [0.25, 0.3) is 0 Å². The first-order chi connectivity index (χ1) is 12.1. The lowest BCUT2D eigenvalue weighted by Gasteiger charge is -2.32. The van der Waals surface area contributed by atoms with Crippen molar-refractivity contribution < 1.29 is 9.59 Å². The summed E-state index contributed by atoms with van der Waals surface area (Å²) in [6.45, 7) is 3.55. The van der Waals surface area contributed by atoms with Crippen molar-refractivity contribution in [2.24, 2.45) is 5.92 Å². The fraction of sp³-hybridized carbons (Fsp3) is 0.526. The molecule has 0 unspecified atom stereocenters. The van der Waals surface area contributed by atoms with E-state index in [9.17, 15) is 14.9 Å². The van der Waals surface area contributed by atoms with Crippen molar-refractivity contribution in [3.8, 4) is 6.07 Å². The number of hydrogen-bond donors (Lipinski definition) is 0. The molecule has 2 heterocycles. The molecule has 3 rings (SSSR count). The number of anilines is 1. The van der Waals surface area contributed by atoms with Crippen LogP contribution in [-0.2, 0) is 9.59 Å². The third-order valence-corrected chi connectivity index (χ3v) is 5.18. The zero-order valence-electron chi connectivity index (χ0n) is 14.6. The number of rotatable bonds is 2. The van der Waals surface area contributed by atoms with E-state index in [1.54, 1.807) is 11.9 Å². The average Bonchev–Trinajstić information content (AvgIpc) is 2.89. The summed E-state index contributed by atoms with van der Waals surface area (Å²) in [6.07, 6.45) is 1.94. The normalized spacial score (nSPS) is 21.7. The van der Waals surface area contributed by atoms with Gasteiger partial charge >= 0.3 is 0 Å². The Morgan fingerprint density at radius 2 is 1.96 bits per heavy atom. The van der Waals surface area contributed by atoms with Gasteiger partial charge in [-0.3, -0.25) is 9.59 Å². The van der Waals surface area contributed by atoms with Gasteiger partial charge in [-0.2, -0.15) is 5.26 Å². The van der Waals surface area contributed by atoms with Gasteiger partial charge in [0, 0.05) is 52.1 Å². The minimum atomic E-state index is -0.179. The number of nitriles is 1. The molecule has 0 aromatic heterocycles. The first-order valence-corrected chi connectivity index (χ1v) is 8.87. The Kier molecular flexibility index (Phi) is 5.22. The Morgan fingerprint density at radius 1 is 1.16 bits per heavy atom. The maximum absolute atomic E-state index is 12.8. The standard InChI is InChI=1S/C19H24N4O2/c1-21-10-7-15(13-18(21)24)19(25)23-9-4-8-22(11-12-23)17-6-3-2-5-16(17)14-20/h2-3,5-6,15H,4,7-13H2,1H3/t15-/m0/s1. The number of nitrogens with zero attached hydrogens (tertiary/aromatic N) is 4. The Labute approximate surface area is 148 Å². The van der Waals surface area contributed by atoms with Crippen molar-refractivity contribution in [3.63, 3.8) is 0 Å². The van der Waals surface area contributed by atoms with Crippen LogP contribution in [0.1, 0.15) is 24.8 Å². The molecule has 0 radical (unpaired) electrons. The van der Waals surface area contributed by atoms with Crippen LogP contribution < -0.4 is 4.90 Å². The number of benzene rings is 1. The fourth-order valence-corrected chi connectivity index (χ4v) is 3.63. The van der Waals surface area contributed by atoms with Gasteiger partial charge in [-0.05, 0) is 25.0 Å². The first kappa shape index (κ1) is 17.3. The second-order valence-corrected chi connectivity index (χ2v) is 6.80. The van der Waals surface area contributed by atoms with Gasteiger partial charge in [-0.15, -0.1) is 0 Å². The van der Waals surface area contributed by atoms with Crippen molar-refractivity contribution in [3.05, 3.63) is 29.8 Å². The Bertz CT molecular complexity index is 697. The van der Waals surface area contributed by atoms with Crippen molar-refractivity contribution in [2.45, 2.75) is 19.3 Å². The number of amides is 2. The fourth-order valence-electron chi connectivity index (χ4n) is 3.63. The van der Waals surface area contributed by atoms with Gasteiger partial charge in [-0.1, -0.05) is 12.1 Å². The zero-order chi connectivity index (χ0) is 17.8. The van der Waals surface area contributed by atoms with E-state index in [4.69, 9.17) is 0 Å². The molecule has 0 aliphatic carbocycles. The highest BCUT2D eigenvalue weighted by Gasteiger charge is 2.32. The molecule has 6 nitrogen and oxygen atoms in total. The molecule has 1 aromatic rings. The lowest BCUT2D eigenvalue weighted by molar-refractivity contribution is -0.144. The van der Waals surface area contributed by atoms with Crippen molar-refractivity contribution in [2.75, 3.05) is 44.7 Å². The highest BCUT2D eigenvalue weighted by Crippen LogP contribution is 2.23. The largest absolute Gasteiger partial charge is 0.369 e. The maximum atomic E-state index is 12.8. The molecule has 2 fully saturated rings. The summed E-state index contributed by atoms with van der Waals surface area (Å²) < 4.78 is 0. The van der Waals surface area contributed by atoms with Gasteiger partial charge in [-0.25, -0.2) is 0 Å². The molecule has 2 aliphatic rings. The molecular weight excluding hydrogens is 316 g/mol. The smallest absolute Gasteiger partial charge is 0.226 e. The molecule has 0 saturated carbocycles. The van der Waals surface area contributed by atoms with Crippen LogP contribution in [0.25, 0.3) is 0 Å². The van der Waals surface area contributed by atoms with Crippen LogP contribution in [0.4, 0.5) is 5.69 Å². The molecule has 0 spiro atoms. The summed E-state index contributed by atoms with van der Waals surface area (Å²) in [5, 5.41) is 9.30. The molecule has 6 heteroatoms. The van der Waals surface area contributed by atoms with E-state index < -0.39 is 0 Å². The maximum Gasteiger partial charge on any atom is 0.226 e. The van der Waals surface area contributed by atoms with Crippen LogP contribution >= 0.6 is 0 Å². The van der Waals surface area contributed by atoms with Gasteiger partial charge in [0.1, 0.15) is 6.07 Å². The van der Waals surface area contributed by atoms with Crippen LogP contribution in [0, 0.1) is 17.2 Å². The Hall–Kier alpha value is -2.55. The van der Waals surface area contributed by atoms with Crippen LogP contribution in [0.3, 0.4) is 0 Å². The summed E-state index contributed by atoms with van der Waals surface area (Å²) in [6, 6.07) is 9.84. The highest BCUT2D eigenvalue weighted by molar-refractivity contribution is 5.87. The number of carbonyl (C=O) groups is 2. The minimum absolute atomic E-state index is 0.0593. The summed E-state index contributed by atoms with van der Waals surface area (Å²) >= 11 is 0. The van der Waals surface area contributed by atoms with Gasteiger partial charge in [0.2, 0.25) is 11.8 Å². The zero-order valence-corrected chi connectivity index (χ0v) is 14.6. The number of piperidine rings is 1. The quantitative estimate of drug-likeness (QED) is 0.817. The lowest BCUT2D eigenvalue weighted by atomic mass is 9.95. The first-order valence-electron chi connectivity index (χ1n) is 8.87. The molecule has 25 heavy (non-hydrogen) atoms. The molecule has 1 atom stereocenters. The minimum Gasteiger partial charge on any atom is -0.369 e. The number of para-hydroxylation sites is 1. The average molecular weight is 340 g/mol. The molecule has 2 amide bonds. The van der Waals surface area contributed by atoms with E-state index in [2.05, 4.69) is 11.0 Å². The van der Waals surface area contributed by atoms with E-state index >= 15 is 0 Å². The number of hydrogen-bond acceptors (Lipinski definition) is 4. The van der Waals surface area contributed by atoms with E-state index in [0.717, 1.165) is 25.1 Å². The van der Waals surface area contributed by atoms with Gasteiger partial charge in [0.15, 0.2) is 0 Å². The third kappa shape index (κ3) is 3.76. The highest BCUT2D eigenvalue weighted by atomic mass is 16.2. The molecule has 132 valence electrons. The monoisotopic (exact) mass is 340 g/mol. The Balaban J connectivity index is 1.65. The van der Waals surface area contributed by atoms with Crippen LogP contribution in [0.15, 0.2) is 24.3 Å². The summed E-state index contributed by atoms with van der Waals surface area (Å²) in [4.78, 5) is 30.5. The molecule has 2 aliphatic heterocycles. The molecule has 2 saturated heterocycles. The summed E-state index contributed by atoms with van der Waals surface area (Å²) in [5.41, 5.74) is 1.61. The topological polar surface area (TPSA) is 67.7 Å². The summed E-state index contributed by atoms with van der Waals surface area (Å²) in [5.74, 6) is -0.0116. The predicted molar refractivity (Wildman–Crippen MR) is 94.9 cm³/mol. The lowest BCUT2D eigenvalue weighted by Crippen LogP contribution is -2.45. The second-order valence-electron chi connectivity index (χ2n) is 6.80. The van der Waals surface area contributed by atoms with Gasteiger partial charge in [0.05, 0.1) is 11.3 Å². The molecule has 0 bridgehead atoms. The van der Waals surface area contributed by atoms with E-state index in [1.807, 2.05) is 29.2 Å². The Morgan fingerprint density at radius 3 is 2.72 bits per heavy atom. The van der Waals surface area contributed by atoms with Crippen molar-refractivity contribution >= 4 is 17.5 Å². The van der Waals surface area contributed by atoms with E-state index in [0.29, 0.717) is 38.2 Å². The van der Waals surface area contributed by atoms with Crippen LogP contribution in [0.5, 0.6) is 0 Å². The predicted octanol–water partition coefficient (Wildman–Crippen LogP) is 1.47. The summed E-state index contributed by atoms with van der Waals surface area (Å²) in [7, 11) is 1.79. The van der Waals surface area contributed by atoms with E-state index in [1.165, 1.54) is 0 Å². The molecule has 1 aromatic carbocycles. The molecule has 0 N–H and O–H groups in total. The van der Waals surface area contributed by atoms with Crippen LogP contribution in [-0.4, -0.2) is 61.4 Å². The van der Waals surface area contributed by atoms with Crippen molar-refractivity contribution in [1.29, 1.82) is 5.26 Å². The van der Waals surface area contributed by atoms with Crippen LogP contribution in [0.2, 0.25) is 0 Å². The number of likely N-dealkylation sites (tertiary alicyclic amines) is 1. The third-order valence-electron chi connectivity index (χ3n) is 5.18. The number of carbonyl (C=O) groups excluding carboxylic acids is 2.